The summed E-state index contributed by atoms with van der Waals surface area (Å²) in [5.74, 6) is 1.28. The van der Waals surface area contributed by atoms with Crippen molar-refractivity contribution in [1.29, 1.82) is 0 Å². The first-order valence-electron chi connectivity index (χ1n) is 6.12. The molecular formula is C16H11BrClNO. The van der Waals surface area contributed by atoms with E-state index in [0.29, 0.717) is 10.9 Å². The standard InChI is InChI=1S/C16H11BrClNO/c1-10-8-13(17)16(19-9-10)20-15-7-6-14(18)11-4-2-3-5-12(11)15/h2-9H,1H3. The number of aromatic nitrogens is 1. The van der Waals surface area contributed by atoms with E-state index in [1.54, 1.807) is 6.20 Å². The van der Waals surface area contributed by atoms with E-state index in [1.807, 2.05) is 49.4 Å². The minimum absolute atomic E-state index is 0.545. The summed E-state index contributed by atoms with van der Waals surface area (Å²) in [5.41, 5.74) is 1.07. The molecular weight excluding hydrogens is 338 g/mol. The van der Waals surface area contributed by atoms with Crippen LogP contribution in [-0.2, 0) is 0 Å². The van der Waals surface area contributed by atoms with Gasteiger partial charge in [-0.05, 0) is 46.6 Å². The van der Waals surface area contributed by atoms with Crippen LogP contribution in [0.3, 0.4) is 0 Å². The molecule has 0 aliphatic carbocycles. The van der Waals surface area contributed by atoms with Crippen molar-refractivity contribution in [1.82, 2.24) is 4.98 Å². The normalized spacial score (nSPS) is 10.8. The average molecular weight is 349 g/mol. The monoisotopic (exact) mass is 347 g/mol. The van der Waals surface area contributed by atoms with Crippen LogP contribution in [-0.4, -0.2) is 4.98 Å². The molecule has 0 saturated carbocycles. The number of pyridine rings is 1. The molecule has 0 atom stereocenters. The third-order valence-electron chi connectivity index (χ3n) is 2.98. The summed E-state index contributed by atoms with van der Waals surface area (Å²) >= 11 is 9.67. The number of aryl methyl sites for hydroxylation is 1. The second kappa shape index (κ2) is 5.43. The summed E-state index contributed by atoms with van der Waals surface area (Å²) in [6, 6.07) is 13.5. The Balaban J connectivity index is 2.09. The first-order chi connectivity index (χ1) is 9.65. The Hall–Kier alpha value is -1.58. The van der Waals surface area contributed by atoms with Gasteiger partial charge in [-0.3, -0.25) is 0 Å². The molecule has 0 aliphatic heterocycles. The van der Waals surface area contributed by atoms with Gasteiger partial charge in [0.05, 0.1) is 4.47 Å². The minimum atomic E-state index is 0.545. The maximum Gasteiger partial charge on any atom is 0.233 e. The highest BCUT2D eigenvalue weighted by atomic mass is 79.9. The number of hydrogen-bond donors (Lipinski definition) is 0. The van der Waals surface area contributed by atoms with Gasteiger partial charge in [0.15, 0.2) is 0 Å². The second-order valence-electron chi connectivity index (χ2n) is 4.49. The number of benzene rings is 2. The number of fused-ring (bicyclic) bond motifs is 1. The number of rotatable bonds is 2. The van der Waals surface area contributed by atoms with Crippen molar-refractivity contribution >= 4 is 38.3 Å². The molecule has 0 spiro atoms. The molecule has 1 aromatic heterocycles. The number of nitrogens with zero attached hydrogens (tertiary/aromatic N) is 1. The van der Waals surface area contributed by atoms with Gasteiger partial charge in [0.25, 0.3) is 0 Å². The van der Waals surface area contributed by atoms with Crippen LogP contribution in [0.4, 0.5) is 0 Å². The Morgan fingerprint density at radius 2 is 1.85 bits per heavy atom. The van der Waals surface area contributed by atoms with E-state index < -0.39 is 0 Å². The van der Waals surface area contributed by atoms with Crippen LogP contribution < -0.4 is 4.74 Å². The fourth-order valence-electron chi connectivity index (χ4n) is 2.02. The molecule has 1 heterocycles. The zero-order valence-corrected chi connectivity index (χ0v) is 13.1. The molecule has 4 heteroatoms. The van der Waals surface area contributed by atoms with E-state index in [4.69, 9.17) is 16.3 Å². The second-order valence-corrected chi connectivity index (χ2v) is 5.75. The van der Waals surface area contributed by atoms with Gasteiger partial charge in [-0.2, -0.15) is 0 Å². The SMILES string of the molecule is Cc1cnc(Oc2ccc(Cl)c3ccccc23)c(Br)c1. The highest BCUT2D eigenvalue weighted by molar-refractivity contribution is 9.10. The number of ether oxygens (including phenoxy) is 1. The maximum atomic E-state index is 6.20. The van der Waals surface area contributed by atoms with Crippen molar-refractivity contribution in [3.05, 3.63) is 63.7 Å². The Bertz CT molecular complexity index is 789. The summed E-state index contributed by atoms with van der Waals surface area (Å²) in [6.07, 6.45) is 1.78. The lowest BCUT2D eigenvalue weighted by Gasteiger charge is -2.10. The van der Waals surface area contributed by atoms with Crippen molar-refractivity contribution in [2.45, 2.75) is 6.92 Å². The first kappa shape index (κ1) is 13.4. The van der Waals surface area contributed by atoms with Crippen LogP contribution in [0.15, 0.2) is 53.1 Å². The van der Waals surface area contributed by atoms with Crippen molar-refractivity contribution < 1.29 is 4.74 Å². The molecule has 0 saturated heterocycles. The van der Waals surface area contributed by atoms with Gasteiger partial charge >= 0.3 is 0 Å². The lowest BCUT2D eigenvalue weighted by molar-refractivity contribution is 0.464. The number of hydrogen-bond acceptors (Lipinski definition) is 2. The molecule has 0 radical (unpaired) electrons. The maximum absolute atomic E-state index is 6.20. The minimum Gasteiger partial charge on any atom is -0.437 e. The van der Waals surface area contributed by atoms with Crippen LogP contribution in [0.25, 0.3) is 10.8 Å². The van der Waals surface area contributed by atoms with Crippen molar-refractivity contribution in [3.63, 3.8) is 0 Å². The highest BCUT2D eigenvalue weighted by Crippen LogP contribution is 2.35. The Morgan fingerprint density at radius 3 is 2.60 bits per heavy atom. The molecule has 3 aromatic rings. The van der Waals surface area contributed by atoms with Gasteiger partial charge < -0.3 is 4.74 Å². The van der Waals surface area contributed by atoms with Crippen LogP contribution >= 0.6 is 27.5 Å². The fourth-order valence-corrected chi connectivity index (χ4v) is 2.80. The molecule has 2 aromatic carbocycles. The quantitative estimate of drug-likeness (QED) is 0.588. The highest BCUT2D eigenvalue weighted by Gasteiger charge is 2.09. The molecule has 0 aliphatic rings. The smallest absolute Gasteiger partial charge is 0.233 e. The van der Waals surface area contributed by atoms with E-state index in [9.17, 15) is 0 Å². The predicted molar refractivity (Wildman–Crippen MR) is 85.7 cm³/mol. The molecule has 0 unspecified atom stereocenters. The lowest BCUT2D eigenvalue weighted by atomic mass is 10.1. The van der Waals surface area contributed by atoms with Gasteiger partial charge in [-0.15, -0.1) is 0 Å². The summed E-state index contributed by atoms with van der Waals surface area (Å²) < 4.78 is 6.75. The molecule has 3 rings (SSSR count). The van der Waals surface area contributed by atoms with Gasteiger partial charge in [0.2, 0.25) is 5.88 Å². The van der Waals surface area contributed by atoms with Gasteiger partial charge in [0.1, 0.15) is 5.75 Å². The van der Waals surface area contributed by atoms with Crippen LogP contribution in [0, 0.1) is 6.92 Å². The summed E-state index contributed by atoms with van der Waals surface area (Å²) in [4.78, 5) is 4.30. The first-order valence-corrected chi connectivity index (χ1v) is 7.29. The van der Waals surface area contributed by atoms with Crippen LogP contribution in [0.5, 0.6) is 11.6 Å². The third-order valence-corrected chi connectivity index (χ3v) is 3.88. The molecule has 20 heavy (non-hydrogen) atoms. The van der Waals surface area contributed by atoms with Gasteiger partial charge in [0, 0.05) is 22.0 Å². The van der Waals surface area contributed by atoms with Crippen molar-refractivity contribution in [2.75, 3.05) is 0 Å². The summed E-state index contributed by atoms with van der Waals surface area (Å²) in [7, 11) is 0. The molecule has 2 nitrogen and oxygen atoms in total. The van der Waals surface area contributed by atoms with Gasteiger partial charge in [-0.25, -0.2) is 4.98 Å². The number of halogens is 2. The van der Waals surface area contributed by atoms with Crippen molar-refractivity contribution in [2.24, 2.45) is 0 Å². The van der Waals surface area contributed by atoms with E-state index in [0.717, 1.165) is 26.6 Å². The molecule has 0 N–H and O–H groups in total. The molecule has 0 bridgehead atoms. The fraction of sp³-hybridized carbons (Fsp3) is 0.0625. The van der Waals surface area contributed by atoms with Crippen LogP contribution in [0.1, 0.15) is 5.56 Å². The Morgan fingerprint density at radius 1 is 1.10 bits per heavy atom. The largest absolute Gasteiger partial charge is 0.437 e. The van der Waals surface area contributed by atoms with E-state index >= 15 is 0 Å². The molecule has 100 valence electrons. The Labute approximate surface area is 130 Å². The zero-order valence-electron chi connectivity index (χ0n) is 10.7. The topological polar surface area (TPSA) is 22.1 Å². The average Bonchev–Trinajstić information content (AvgIpc) is 2.45. The van der Waals surface area contributed by atoms with Crippen molar-refractivity contribution in [3.8, 4) is 11.6 Å². The van der Waals surface area contributed by atoms with Gasteiger partial charge in [-0.1, -0.05) is 35.9 Å². The molecule has 0 fully saturated rings. The van der Waals surface area contributed by atoms with E-state index in [1.165, 1.54) is 0 Å². The van der Waals surface area contributed by atoms with E-state index in [2.05, 4.69) is 20.9 Å². The lowest BCUT2D eigenvalue weighted by Crippen LogP contribution is -1.91. The summed E-state index contributed by atoms with van der Waals surface area (Å²) in [6.45, 7) is 1.99. The molecule has 0 amide bonds. The summed E-state index contributed by atoms with van der Waals surface area (Å²) in [5, 5.41) is 2.65. The van der Waals surface area contributed by atoms with Crippen LogP contribution in [0.2, 0.25) is 5.02 Å². The van der Waals surface area contributed by atoms with E-state index in [-0.39, 0.29) is 0 Å². The Kier molecular flexibility index (Phi) is 3.64. The zero-order chi connectivity index (χ0) is 14.1. The predicted octanol–water partition coefficient (Wildman–Crippen LogP) is 5.75. The third kappa shape index (κ3) is 2.51.